The van der Waals surface area contributed by atoms with E-state index in [4.69, 9.17) is 13.9 Å². The van der Waals surface area contributed by atoms with Gasteiger partial charge in [0.1, 0.15) is 5.76 Å². The van der Waals surface area contributed by atoms with Crippen molar-refractivity contribution in [2.45, 2.75) is 25.8 Å². The van der Waals surface area contributed by atoms with E-state index in [0.29, 0.717) is 11.2 Å². The van der Waals surface area contributed by atoms with Crippen LogP contribution in [0.3, 0.4) is 0 Å². The molecule has 6 heteroatoms. The molecule has 0 saturated carbocycles. The highest BCUT2D eigenvalue weighted by Crippen LogP contribution is 2.26. The smallest absolute Gasteiger partial charge is 0.183 e. The van der Waals surface area contributed by atoms with Gasteiger partial charge in [-0.3, -0.25) is 0 Å². The molecule has 0 aromatic carbocycles. The maximum absolute atomic E-state index is 5.44. The summed E-state index contributed by atoms with van der Waals surface area (Å²) in [5.41, 5.74) is 0. The number of methoxy groups -OCH3 is 2. The maximum Gasteiger partial charge on any atom is 0.183 e. The van der Waals surface area contributed by atoms with Gasteiger partial charge in [-0.15, -0.1) is 0 Å². The molecule has 1 rings (SSSR count). The molecule has 0 aliphatic rings. The number of halogens is 2. The molecule has 16 heavy (non-hydrogen) atoms. The maximum atomic E-state index is 5.44. The second-order valence-electron chi connectivity index (χ2n) is 3.34. The zero-order valence-electron chi connectivity index (χ0n) is 9.42. The van der Waals surface area contributed by atoms with E-state index in [1.807, 2.05) is 13.0 Å². The molecule has 0 fully saturated rings. The van der Waals surface area contributed by atoms with Gasteiger partial charge in [0.15, 0.2) is 11.0 Å². The van der Waals surface area contributed by atoms with Crippen molar-refractivity contribution >= 4 is 31.9 Å². The quantitative estimate of drug-likeness (QED) is 0.796. The Morgan fingerprint density at radius 2 is 2.00 bits per heavy atom. The molecule has 1 heterocycles. The third-order valence-corrected chi connectivity index (χ3v) is 3.88. The number of hydrogen-bond acceptors (Lipinski definition) is 4. The van der Waals surface area contributed by atoms with E-state index in [9.17, 15) is 0 Å². The highest BCUT2D eigenvalue weighted by Gasteiger charge is 2.15. The van der Waals surface area contributed by atoms with Crippen LogP contribution in [0, 0.1) is 0 Å². The molecule has 0 bridgehead atoms. The predicted molar refractivity (Wildman–Crippen MR) is 68.2 cm³/mol. The Bertz CT molecular complexity index is 306. The first-order chi connectivity index (χ1) is 7.58. The predicted octanol–water partition coefficient (Wildman–Crippen LogP) is 2.90. The van der Waals surface area contributed by atoms with E-state index in [1.54, 1.807) is 14.2 Å². The van der Waals surface area contributed by atoms with Crippen LogP contribution in [0.4, 0.5) is 0 Å². The van der Waals surface area contributed by atoms with Gasteiger partial charge in [0.2, 0.25) is 0 Å². The third-order valence-electron chi connectivity index (χ3n) is 2.17. The molecule has 0 spiro atoms. The molecular weight excluding hydrogens is 342 g/mol. The molecule has 1 N–H and O–H groups in total. The molecule has 1 unspecified atom stereocenters. The van der Waals surface area contributed by atoms with Crippen LogP contribution in [0.2, 0.25) is 0 Å². The standard InChI is InChI=1S/C10H15Br2NO3/c1-6(10(14-2)15-3)13-5-7-4-8(11)9(12)16-7/h4,6,10,13H,5H2,1-3H3. The Balaban J connectivity index is 2.45. The van der Waals surface area contributed by atoms with E-state index < -0.39 is 0 Å². The van der Waals surface area contributed by atoms with E-state index >= 15 is 0 Å². The van der Waals surface area contributed by atoms with Gasteiger partial charge >= 0.3 is 0 Å². The fraction of sp³-hybridized carbons (Fsp3) is 0.600. The molecule has 0 aliphatic carbocycles. The van der Waals surface area contributed by atoms with E-state index in [1.165, 1.54) is 0 Å². The molecule has 0 aliphatic heterocycles. The van der Waals surface area contributed by atoms with Gasteiger partial charge in [-0.25, -0.2) is 0 Å². The SMILES string of the molecule is COC(OC)C(C)NCc1cc(Br)c(Br)o1. The van der Waals surface area contributed by atoms with Crippen molar-refractivity contribution in [2.75, 3.05) is 14.2 Å². The third kappa shape index (κ3) is 3.85. The molecule has 0 radical (unpaired) electrons. The van der Waals surface area contributed by atoms with Crippen molar-refractivity contribution in [2.24, 2.45) is 0 Å². The van der Waals surface area contributed by atoms with Crippen molar-refractivity contribution in [3.05, 3.63) is 21.0 Å². The largest absolute Gasteiger partial charge is 0.452 e. The van der Waals surface area contributed by atoms with Gasteiger partial charge in [0.25, 0.3) is 0 Å². The lowest BCUT2D eigenvalue weighted by atomic mass is 10.3. The van der Waals surface area contributed by atoms with Crippen LogP contribution in [0.15, 0.2) is 19.6 Å². The first kappa shape index (κ1) is 14.2. The van der Waals surface area contributed by atoms with Crippen molar-refractivity contribution in [3.63, 3.8) is 0 Å². The van der Waals surface area contributed by atoms with Crippen LogP contribution in [0.1, 0.15) is 12.7 Å². The molecular formula is C10H15Br2NO3. The number of nitrogens with one attached hydrogen (secondary N) is 1. The summed E-state index contributed by atoms with van der Waals surface area (Å²) in [4.78, 5) is 0. The summed E-state index contributed by atoms with van der Waals surface area (Å²) in [7, 11) is 3.23. The van der Waals surface area contributed by atoms with Gasteiger partial charge in [-0.2, -0.15) is 0 Å². The zero-order chi connectivity index (χ0) is 12.1. The number of hydrogen-bond donors (Lipinski definition) is 1. The van der Waals surface area contributed by atoms with Crippen molar-refractivity contribution in [1.29, 1.82) is 0 Å². The summed E-state index contributed by atoms with van der Waals surface area (Å²) < 4.78 is 17.3. The van der Waals surface area contributed by atoms with Crippen molar-refractivity contribution in [1.82, 2.24) is 5.32 Å². The van der Waals surface area contributed by atoms with Gasteiger partial charge in [-0.1, -0.05) is 0 Å². The summed E-state index contributed by atoms with van der Waals surface area (Å²) >= 11 is 6.65. The molecule has 1 aromatic heterocycles. The average Bonchev–Trinajstić information content (AvgIpc) is 2.57. The second kappa shape index (κ2) is 6.76. The lowest BCUT2D eigenvalue weighted by Gasteiger charge is -2.21. The van der Waals surface area contributed by atoms with Crippen LogP contribution in [0.25, 0.3) is 0 Å². The van der Waals surface area contributed by atoms with Gasteiger partial charge in [0.05, 0.1) is 17.1 Å². The lowest BCUT2D eigenvalue weighted by molar-refractivity contribution is -0.119. The highest BCUT2D eigenvalue weighted by molar-refractivity contribution is 9.13. The van der Waals surface area contributed by atoms with Crippen LogP contribution < -0.4 is 5.32 Å². The van der Waals surface area contributed by atoms with Crippen LogP contribution in [-0.2, 0) is 16.0 Å². The van der Waals surface area contributed by atoms with E-state index in [2.05, 4.69) is 37.2 Å². The fourth-order valence-corrected chi connectivity index (χ4v) is 2.00. The number of rotatable bonds is 6. The number of ether oxygens (including phenoxy) is 2. The summed E-state index contributed by atoms with van der Waals surface area (Å²) in [6.07, 6.45) is -0.262. The topological polar surface area (TPSA) is 43.6 Å². The van der Waals surface area contributed by atoms with Crippen LogP contribution >= 0.6 is 31.9 Å². The minimum absolute atomic E-state index is 0.0812. The van der Waals surface area contributed by atoms with Crippen molar-refractivity contribution < 1.29 is 13.9 Å². The molecule has 1 atom stereocenters. The number of furan rings is 1. The Morgan fingerprint density at radius 3 is 2.44 bits per heavy atom. The van der Waals surface area contributed by atoms with Crippen molar-refractivity contribution in [3.8, 4) is 0 Å². The Kier molecular flexibility index (Phi) is 5.99. The molecule has 0 amide bonds. The molecule has 4 nitrogen and oxygen atoms in total. The summed E-state index contributed by atoms with van der Waals surface area (Å²) in [6.45, 7) is 2.61. The normalized spacial score (nSPS) is 13.4. The first-order valence-electron chi connectivity index (χ1n) is 4.81. The summed E-state index contributed by atoms with van der Waals surface area (Å²) in [6, 6.07) is 2.00. The summed E-state index contributed by atoms with van der Waals surface area (Å²) in [5, 5.41) is 3.26. The van der Waals surface area contributed by atoms with Gasteiger partial charge in [-0.05, 0) is 44.8 Å². The van der Waals surface area contributed by atoms with E-state index in [-0.39, 0.29) is 12.3 Å². The zero-order valence-corrected chi connectivity index (χ0v) is 12.6. The molecule has 0 saturated heterocycles. The molecule has 92 valence electrons. The summed E-state index contributed by atoms with van der Waals surface area (Å²) in [5.74, 6) is 0.844. The second-order valence-corrected chi connectivity index (χ2v) is 4.92. The minimum atomic E-state index is -0.262. The van der Waals surface area contributed by atoms with Crippen LogP contribution in [0.5, 0.6) is 0 Å². The van der Waals surface area contributed by atoms with E-state index in [0.717, 1.165) is 10.2 Å². The van der Waals surface area contributed by atoms with Gasteiger partial charge < -0.3 is 19.2 Å². The minimum Gasteiger partial charge on any atom is -0.452 e. The highest BCUT2D eigenvalue weighted by atomic mass is 79.9. The Labute approximate surface area is 112 Å². The van der Waals surface area contributed by atoms with Crippen LogP contribution in [-0.4, -0.2) is 26.6 Å². The average molecular weight is 357 g/mol. The van der Waals surface area contributed by atoms with Gasteiger partial charge in [0, 0.05) is 14.2 Å². The first-order valence-corrected chi connectivity index (χ1v) is 6.39. The fourth-order valence-electron chi connectivity index (χ4n) is 1.34. The molecule has 1 aromatic rings. The Hall–Kier alpha value is 0.120. The monoisotopic (exact) mass is 355 g/mol. The lowest BCUT2D eigenvalue weighted by Crippen LogP contribution is -2.39. The Morgan fingerprint density at radius 1 is 1.38 bits per heavy atom.